The maximum Gasteiger partial charge on any atom is 0.188 e. The highest BCUT2D eigenvalue weighted by molar-refractivity contribution is 7.23. The Bertz CT molecular complexity index is 1620. The van der Waals surface area contributed by atoms with Gasteiger partial charge in [0, 0.05) is 53.7 Å². The number of aromatic hydroxyl groups is 1. The van der Waals surface area contributed by atoms with Crippen LogP contribution in [0.1, 0.15) is 78.9 Å². The molecule has 0 saturated heterocycles. The first kappa shape index (κ1) is 35.0. The molecule has 2 heterocycles. The number of carbonyl (C=O) groups is 1. The lowest BCUT2D eigenvalue weighted by molar-refractivity contribution is 0.0383. The standard InChI is InChI=1S/C37H48N4O4S2/c1-4-5-29-7-9-32(46-29)33-10-11-34(47-33)35(45)30-8-6-26(21-37(30)14-12-24(20-37)13-15-42)31(41-36(38)39-3)18-25-16-27(19-28(44)17-25)40-22-23(2)43/h7,9-11,16-17,19,23-24,26,30-31,40,42-44H,6,8,12-15,18,20-22H2,1-3H3,(H3,38,39,41)/t23-,24+,26-,30-,31+,37+/m0/s1. The van der Waals surface area contributed by atoms with E-state index in [0.29, 0.717) is 24.8 Å². The van der Waals surface area contributed by atoms with Crippen molar-refractivity contribution in [3.8, 4) is 27.3 Å². The molecule has 7 N–H and O–H groups in total. The van der Waals surface area contributed by atoms with E-state index in [4.69, 9.17) is 5.73 Å². The number of hydrogen-bond acceptors (Lipinski definition) is 8. The maximum absolute atomic E-state index is 14.4. The molecule has 1 aromatic carbocycles. The van der Waals surface area contributed by atoms with Gasteiger partial charge in [0.2, 0.25) is 0 Å². The molecule has 47 heavy (non-hydrogen) atoms. The summed E-state index contributed by atoms with van der Waals surface area (Å²) in [6.07, 6.45) is 6.33. The molecular weight excluding hydrogens is 629 g/mol. The lowest BCUT2D eigenvalue weighted by Gasteiger charge is -2.46. The summed E-state index contributed by atoms with van der Waals surface area (Å²) in [6.45, 7) is 4.10. The number of benzene rings is 1. The Kier molecular flexibility index (Phi) is 11.7. The summed E-state index contributed by atoms with van der Waals surface area (Å²) < 4.78 is 0. The van der Waals surface area contributed by atoms with E-state index >= 15 is 0 Å². The third-order valence-corrected chi connectivity index (χ3v) is 12.3. The number of hydrogen-bond donors (Lipinski definition) is 6. The van der Waals surface area contributed by atoms with Crippen LogP contribution in [0, 0.1) is 35.0 Å². The molecule has 0 radical (unpaired) electrons. The number of nitrogens with one attached hydrogen (secondary N) is 2. The summed E-state index contributed by atoms with van der Waals surface area (Å²) in [5, 5.41) is 36.8. The molecule has 5 rings (SSSR count). The van der Waals surface area contributed by atoms with Crippen LogP contribution in [0.4, 0.5) is 5.69 Å². The minimum Gasteiger partial charge on any atom is -0.508 e. The zero-order valence-electron chi connectivity index (χ0n) is 27.6. The van der Waals surface area contributed by atoms with Gasteiger partial charge in [0.15, 0.2) is 11.7 Å². The van der Waals surface area contributed by atoms with Crippen molar-refractivity contribution in [3.63, 3.8) is 0 Å². The number of carbonyl (C=O) groups excluding carboxylic acids is 1. The Morgan fingerprint density at radius 1 is 1.13 bits per heavy atom. The quantitative estimate of drug-likeness (QED) is 0.0576. The van der Waals surface area contributed by atoms with Gasteiger partial charge in [0.05, 0.1) is 15.9 Å². The molecule has 10 heteroatoms. The summed E-state index contributed by atoms with van der Waals surface area (Å²) in [6, 6.07) is 13.6. The van der Waals surface area contributed by atoms with Crippen molar-refractivity contribution in [2.45, 2.75) is 77.4 Å². The minimum atomic E-state index is -0.518. The lowest BCUT2D eigenvalue weighted by atomic mass is 9.58. The monoisotopic (exact) mass is 676 g/mol. The highest BCUT2D eigenvalue weighted by atomic mass is 32.1. The Balaban J connectivity index is 1.40. The third-order valence-electron chi connectivity index (χ3n) is 9.96. The zero-order valence-corrected chi connectivity index (χ0v) is 29.2. The van der Waals surface area contributed by atoms with Gasteiger partial charge >= 0.3 is 0 Å². The lowest BCUT2D eigenvalue weighted by Crippen LogP contribution is -2.50. The summed E-state index contributed by atoms with van der Waals surface area (Å²) >= 11 is 3.24. The molecule has 2 aliphatic rings. The highest BCUT2D eigenvalue weighted by Crippen LogP contribution is 2.58. The Morgan fingerprint density at radius 2 is 1.91 bits per heavy atom. The minimum absolute atomic E-state index is 0.0532. The number of Topliss-reactive ketones (excluding diaryl/α,β-unsaturated/α-hetero) is 1. The third kappa shape index (κ3) is 8.57. The molecule has 2 saturated carbocycles. The second-order valence-electron chi connectivity index (χ2n) is 13.3. The van der Waals surface area contributed by atoms with E-state index in [0.717, 1.165) is 75.7 Å². The number of phenols is 1. The fourth-order valence-electron chi connectivity index (χ4n) is 7.85. The molecule has 0 bridgehead atoms. The van der Waals surface area contributed by atoms with Gasteiger partial charge in [-0.15, -0.1) is 28.6 Å². The average Bonchev–Trinajstić information content (AvgIpc) is 3.80. The van der Waals surface area contributed by atoms with Gasteiger partial charge < -0.3 is 31.7 Å². The van der Waals surface area contributed by atoms with E-state index in [1.54, 1.807) is 48.8 Å². The second-order valence-corrected chi connectivity index (χ2v) is 15.5. The summed E-state index contributed by atoms with van der Waals surface area (Å²) in [5.74, 6) is 7.42. The van der Waals surface area contributed by atoms with E-state index in [1.165, 1.54) is 0 Å². The van der Waals surface area contributed by atoms with Crippen LogP contribution in [-0.2, 0) is 6.42 Å². The molecule has 1 spiro atoms. The van der Waals surface area contributed by atoms with Gasteiger partial charge in [-0.25, -0.2) is 0 Å². The van der Waals surface area contributed by atoms with E-state index in [2.05, 4.69) is 39.6 Å². The van der Waals surface area contributed by atoms with Crippen LogP contribution in [0.25, 0.3) is 9.75 Å². The number of aliphatic hydroxyl groups excluding tert-OH is 2. The molecule has 2 fully saturated rings. The first-order chi connectivity index (χ1) is 22.6. The van der Waals surface area contributed by atoms with Crippen LogP contribution in [0.3, 0.4) is 0 Å². The van der Waals surface area contributed by atoms with Gasteiger partial charge in [-0.1, -0.05) is 5.92 Å². The van der Waals surface area contributed by atoms with Crippen molar-refractivity contribution in [1.82, 2.24) is 5.32 Å². The molecule has 2 aromatic heterocycles. The number of guanidine groups is 1. The fraction of sp³-hybridized carbons (Fsp3) is 0.514. The summed E-state index contributed by atoms with van der Waals surface area (Å²) in [4.78, 5) is 22.7. The number of phenolic OH excluding ortho intramolecular Hbond substituents is 1. The van der Waals surface area contributed by atoms with Gasteiger partial charge in [0.1, 0.15) is 5.75 Å². The normalized spacial score (nSPS) is 24.0. The maximum atomic E-state index is 14.4. The van der Waals surface area contributed by atoms with Gasteiger partial charge in [-0.3, -0.25) is 9.79 Å². The topological polar surface area (TPSA) is 140 Å². The van der Waals surface area contributed by atoms with Gasteiger partial charge in [-0.2, -0.15) is 0 Å². The van der Waals surface area contributed by atoms with E-state index < -0.39 is 6.10 Å². The van der Waals surface area contributed by atoms with Crippen LogP contribution in [0.15, 0.2) is 47.5 Å². The SMILES string of the molecule is CC#Cc1ccc(-c2ccc(C(=O)[C@@H]3CC[C@H]([C@@H](Cc4cc(O)cc(NC[C@H](C)O)c4)NC(N)=NC)C[C@]34CC[C@H](CCO)C4)s2)s1. The molecule has 2 aliphatic carbocycles. The van der Waals surface area contributed by atoms with Crippen molar-refractivity contribution in [1.29, 1.82) is 0 Å². The van der Waals surface area contributed by atoms with Crippen LogP contribution >= 0.6 is 22.7 Å². The summed E-state index contributed by atoms with van der Waals surface area (Å²) in [5.41, 5.74) is 7.80. The Labute approximate surface area is 286 Å². The van der Waals surface area contributed by atoms with Gasteiger partial charge in [-0.05, 0) is 124 Å². The second kappa shape index (κ2) is 15.7. The number of aliphatic imine (C=N–C) groups is 1. The fourth-order valence-corrected chi connectivity index (χ4v) is 9.85. The molecule has 3 aromatic rings. The molecular formula is C37H48N4O4S2. The van der Waals surface area contributed by atoms with E-state index in [1.807, 2.05) is 25.1 Å². The van der Waals surface area contributed by atoms with Crippen molar-refractivity contribution in [3.05, 3.63) is 57.8 Å². The number of ketones is 1. The van der Waals surface area contributed by atoms with E-state index in [9.17, 15) is 20.1 Å². The molecule has 0 amide bonds. The Morgan fingerprint density at radius 3 is 2.66 bits per heavy atom. The van der Waals surface area contributed by atoms with E-state index in [-0.39, 0.29) is 41.4 Å². The first-order valence-corrected chi connectivity index (χ1v) is 18.3. The molecule has 8 nitrogen and oxygen atoms in total. The molecule has 252 valence electrons. The van der Waals surface area contributed by atoms with Crippen LogP contribution in [0.5, 0.6) is 5.75 Å². The smallest absolute Gasteiger partial charge is 0.188 e. The predicted molar refractivity (Wildman–Crippen MR) is 193 cm³/mol. The largest absolute Gasteiger partial charge is 0.508 e. The zero-order chi connectivity index (χ0) is 33.6. The first-order valence-electron chi connectivity index (χ1n) is 16.6. The number of thiophene rings is 2. The molecule has 6 atom stereocenters. The number of aliphatic hydroxyl groups is 2. The van der Waals surface area contributed by atoms with Crippen molar-refractivity contribution < 1.29 is 20.1 Å². The highest BCUT2D eigenvalue weighted by Gasteiger charge is 2.52. The predicted octanol–water partition coefficient (Wildman–Crippen LogP) is 6.26. The number of nitrogens with two attached hydrogens (primary N) is 1. The summed E-state index contributed by atoms with van der Waals surface area (Å²) in [7, 11) is 1.67. The number of nitrogens with zero attached hydrogens (tertiary/aromatic N) is 1. The van der Waals surface area contributed by atoms with Crippen LogP contribution < -0.4 is 16.4 Å². The average molecular weight is 677 g/mol. The Hall–Kier alpha value is -3.36. The van der Waals surface area contributed by atoms with Crippen LogP contribution in [-0.4, -0.2) is 59.4 Å². The van der Waals surface area contributed by atoms with Gasteiger partial charge in [0.25, 0.3) is 0 Å². The van der Waals surface area contributed by atoms with Crippen molar-refractivity contribution in [2.24, 2.45) is 33.9 Å². The number of rotatable bonds is 12. The van der Waals surface area contributed by atoms with Crippen molar-refractivity contribution >= 4 is 40.1 Å². The molecule has 0 unspecified atom stereocenters. The molecule has 0 aliphatic heterocycles. The van der Waals surface area contributed by atoms with Crippen LogP contribution in [0.2, 0.25) is 0 Å². The van der Waals surface area contributed by atoms with Crippen molar-refractivity contribution in [2.75, 3.05) is 25.5 Å². The number of anilines is 1.